The van der Waals surface area contributed by atoms with Crippen LogP contribution in [0.25, 0.3) is 0 Å². The maximum absolute atomic E-state index is 12.2. The fraction of sp³-hybridized carbons (Fsp3) is 0.765. The van der Waals surface area contributed by atoms with E-state index in [1.807, 2.05) is 6.20 Å². The van der Waals surface area contributed by atoms with Crippen molar-refractivity contribution in [1.82, 2.24) is 20.4 Å². The number of halogens is 1. The number of nitrogens with one attached hydrogen (secondary N) is 2. The first kappa shape index (κ1) is 18.3. The van der Waals surface area contributed by atoms with E-state index in [2.05, 4.69) is 34.3 Å². The van der Waals surface area contributed by atoms with Gasteiger partial charge in [0.15, 0.2) is 0 Å². The number of carbonyl (C=O) groups is 1. The third-order valence-electron chi connectivity index (χ3n) is 5.05. The van der Waals surface area contributed by atoms with Crippen LogP contribution in [-0.4, -0.2) is 46.7 Å². The quantitative estimate of drug-likeness (QED) is 0.800. The average Bonchev–Trinajstić information content (AvgIpc) is 2.99. The lowest BCUT2D eigenvalue weighted by molar-refractivity contribution is -0.122. The van der Waals surface area contributed by atoms with Crippen molar-refractivity contribution in [2.24, 2.45) is 17.8 Å². The number of hydrogen-bond donors (Lipinski definition) is 2. The molecule has 1 aliphatic carbocycles. The molecule has 6 heteroatoms. The van der Waals surface area contributed by atoms with E-state index in [1.165, 1.54) is 19.4 Å². The molecule has 0 radical (unpaired) electrons. The molecule has 2 aliphatic rings. The minimum absolute atomic E-state index is 0. The topological polar surface area (TPSA) is 61.0 Å². The van der Waals surface area contributed by atoms with Crippen LogP contribution in [0, 0.1) is 17.8 Å². The number of aromatic amines is 1. The normalized spacial score (nSPS) is 24.7. The number of carbonyl (C=O) groups excluding carboxylic acids is 1. The Morgan fingerprint density at radius 2 is 2.22 bits per heavy atom. The third kappa shape index (κ3) is 5.21. The number of hydrogen-bond acceptors (Lipinski definition) is 3. The van der Waals surface area contributed by atoms with Gasteiger partial charge in [0.2, 0.25) is 5.91 Å². The summed E-state index contributed by atoms with van der Waals surface area (Å²) in [5.74, 6) is 2.29. The molecular weight excluding hydrogens is 312 g/mol. The second-order valence-electron chi connectivity index (χ2n) is 7.35. The maximum Gasteiger partial charge on any atom is 0.220 e. The Kier molecular flexibility index (Phi) is 6.48. The lowest BCUT2D eigenvalue weighted by Crippen LogP contribution is -2.42. The van der Waals surface area contributed by atoms with Gasteiger partial charge in [0.25, 0.3) is 0 Å². The Morgan fingerprint density at radius 3 is 2.83 bits per heavy atom. The van der Waals surface area contributed by atoms with Crippen molar-refractivity contribution < 1.29 is 4.79 Å². The highest BCUT2D eigenvalue weighted by atomic mass is 35.5. The van der Waals surface area contributed by atoms with Crippen molar-refractivity contribution in [2.75, 3.05) is 19.6 Å². The van der Waals surface area contributed by atoms with Gasteiger partial charge in [-0.15, -0.1) is 12.4 Å². The monoisotopic (exact) mass is 340 g/mol. The standard InChI is InChI=1S/C17H28N4O.ClH/c1-12(2)15-10-21(9-13-3-4-13)11-16(15)20-17(22)6-5-14-7-18-19-8-14;/h7-8,12-13,15-16H,3-6,9-11H2,1-2H3,(H,18,19)(H,20,22);1H/t15-,16+;/m1./s1. The number of rotatable bonds is 7. The smallest absolute Gasteiger partial charge is 0.220 e. The summed E-state index contributed by atoms with van der Waals surface area (Å²) in [5.41, 5.74) is 1.09. The molecule has 1 aromatic heterocycles. The highest BCUT2D eigenvalue weighted by Crippen LogP contribution is 2.33. The minimum Gasteiger partial charge on any atom is -0.352 e. The summed E-state index contributed by atoms with van der Waals surface area (Å²) in [4.78, 5) is 14.8. The molecule has 1 saturated carbocycles. The van der Waals surface area contributed by atoms with Crippen LogP contribution in [0.1, 0.15) is 38.7 Å². The fourth-order valence-corrected chi connectivity index (χ4v) is 3.51. The van der Waals surface area contributed by atoms with Gasteiger partial charge in [0.1, 0.15) is 0 Å². The van der Waals surface area contributed by atoms with Crippen LogP contribution < -0.4 is 5.32 Å². The van der Waals surface area contributed by atoms with Gasteiger partial charge in [-0.05, 0) is 42.6 Å². The highest BCUT2D eigenvalue weighted by Gasteiger charge is 2.37. The van der Waals surface area contributed by atoms with E-state index in [0.29, 0.717) is 24.3 Å². The number of amides is 1. The first-order chi connectivity index (χ1) is 10.6. The van der Waals surface area contributed by atoms with Gasteiger partial charge in [0.05, 0.1) is 6.20 Å². The summed E-state index contributed by atoms with van der Waals surface area (Å²) in [7, 11) is 0. The molecule has 0 aromatic carbocycles. The Balaban J connectivity index is 0.00000192. The zero-order valence-electron chi connectivity index (χ0n) is 14.1. The molecule has 2 heterocycles. The number of likely N-dealkylation sites (tertiary alicyclic amines) is 1. The lowest BCUT2D eigenvalue weighted by atomic mass is 9.91. The lowest BCUT2D eigenvalue weighted by Gasteiger charge is -2.23. The molecule has 23 heavy (non-hydrogen) atoms. The first-order valence-electron chi connectivity index (χ1n) is 8.61. The second-order valence-corrected chi connectivity index (χ2v) is 7.35. The molecule has 2 atom stereocenters. The number of aryl methyl sites for hydroxylation is 1. The highest BCUT2D eigenvalue weighted by molar-refractivity contribution is 5.85. The van der Waals surface area contributed by atoms with Crippen molar-refractivity contribution in [2.45, 2.75) is 45.6 Å². The van der Waals surface area contributed by atoms with Gasteiger partial charge >= 0.3 is 0 Å². The fourth-order valence-electron chi connectivity index (χ4n) is 3.51. The van der Waals surface area contributed by atoms with E-state index >= 15 is 0 Å². The Morgan fingerprint density at radius 1 is 1.43 bits per heavy atom. The first-order valence-corrected chi connectivity index (χ1v) is 8.61. The van der Waals surface area contributed by atoms with Crippen LogP contribution in [-0.2, 0) is 11.2 Å². The molecule has 3 rings (SSSR count). The van der Waals surface area contributed by atoms with Crippen molar-refractivity contribution >= 4 is 18.3 Å². The summed E-state index contributed by atoms with van der Waals surface area (Å²) in [6, 6.07) is 0.315. The summed E-state index contributed by atoms with van der Waals surface area (Å²) in [6.45, 7) is 7.94. The second kappa shape index (κ2) is 8.15. The van der Waals surface area contributed by atoms with Crippen molar-refractivity contribution in [3.05, 3.63) is 18.0 Å². The Labute approximate surface area is 145 Å². The number of aromatic nitrogens is 2. The van der Waals surface area contributed by atoms with Crippen LogP contribution in [0.3, 0.4) is 0 Å². The molecule has 1 aliphatic heterocycles. The van der Waals surface area contributed by atoms with E-state index < -0.39 is 0 Å². The third-order valence-corrected chi connectivity index (χ3v) is 5.05. The van der Waals surface area contributed by atoms with Gasteiger partial charge in [-0.3, -0.25) is 9.89 Å². The zero-order valence-corrected chi connectivity index (χ0v) is 14.9. The summed E-state index contributed by atoms with van der Waals surface area (Å²) in [5, 5.41) is 9.99. The molecule has 0 spiro atoms. The molecule has 1 amide bonds. The van der Waals surface area contributed by atoms with Gasteiger partial charge < -0.3 is 10.2 Å². The largest absolute Gasteiger partial charge is 0.352 e. The van der Waals surface area contributed by atoms with Crippen LogP contribution >= 0.6 is 12.4 Å². The van der Waals surface area contributed by atoms with Gasteiger partial charge in [-0.2, -0.15) is 5.10 Å². The van der Waals surface area contributed by atoms with E-state index in [-0.39, 0.29) is 18.3 Å². The summed E-state index contributed by atoms with van der Waals surface area (Å²) < 4.78 is 0. The van der Waals surface area contributed by atoms with Crippen molar-refractivity contribution in [3.63, 3.8) is 0 Å². The number of H-pyrrole nitrogens is 1. The van der Waals surface area contributed by atoms with Crippen LogP contribution in [0.4, 0.5) is 0 Å². The molecule has 0 unspecified atom stereocenters. The predicted molar refractivity (Wildman–Crippen MR) is 93.6 cm³/mol. The molecule has 1 aromatic rings. The molecule has 0 bridgehead atoms. The van der Waals surface area contributed by atoms with E-state index in [1.54, 1.807) is 6.20 Å². The van der Waals surface area contributed by atoms with Gasteiger partial charge in [-0.1, -0.05) is 13.8 Å². The predicted octanol–water partition coefficient (Wildman–Crippen LogP) is 2.25. The molecule has 1 saturated heterocycles. The zero-order chi connectivity index (χ0) is 15.5. The Hall–Kier alpha value is -1.07. The molecule has 5 nitrogen and oxygen atoms in total. The Bertz CT molecular complexity index is 487. The molecule has 2 N–H and O–H groups in total. The van der Waals surface area contributed by atoms with Gasteiger partial charge in [0, 0.05) is 38.3 Å². The van der Waals surface area contributed by atoms with Crippen LogP contribution in [0.15, 0.2) is 12.4 Å². The molecular formula is C17H29ClN4O. The summed E-state index contributed by atoms with van der Waals surface area (Å²) in [6.07, 6.45) is 7.74. The van der Waals surface area contributed by atoms with Crippen molar-refractivity contribution in [1.29, 1.82) is 0 Å². The van der Waals surface area contributed by atoms with E-state index in [9.17, 15) is 4.79 Å². The SMILES string of the molecule is CC(C)[C@H]1CN(CC2CC2)C[C@@H]1NC(=O)CCc1cn[nH]c1.Cl. The van der Waals surface area contributed by atoms with Crippen molar-refractivity contribution in [3.8, 4) is 0 Å². The van der Waals surface area contributed by atoms with E-state index in [0.717, 1.165) is 31.0 Å². The van der Waals surface area contributed by atoms with Crippen LogP contribution in [0.5, 0.6) is 0 Å². The van der Waals surface area contributed by atoms with Crippen LogP contribution in [0.2, 0.25) is 0 Å². The minimum atomic E-state index is 0. The molecule has 130 valence electrons. The maximum atomic E-state index is 12.2. The summed E-state index contributed by atoms with van der Waals surface area (Å²) >= 11 is 0. The molecule has 2 fully saturated rings. The average molecular weight is 341 g/mol. The number of nitrogens with zero attached hydrogens (tertiary/aromatic N) is 2. The van der Waals surface area contributed by atoms with E-state index in [4.69, 9.17) is 0 Å². The van der Waals surface area contributed by atoms with Gasteiger partial charge in [-0.25, -0.2) is 0 Å².